The zero-order valence-electron chi connectivity index (χ0n) is 16.7. The summed E-state index contributed by atoms with van der Waals surface area (Å²) in [6.45, 7) is 2.83. The molecule has 0 saturated heterocycles. The number of fused-ring (bicyclic) bond motifs is 1. The lowest BCUT2D eigenvalue weighted by molar-refractivity contribution is -0.153. The summed E-state index contributed by atoms with van der Waals surface area (Å²) in [6.07, 6.45) is 1.41. The monoisotopic (exact) mass is 449 g/mol. The smallest absolute Gasteiger partial charge is 0.309 e. The Balaban J connectivity index is 1.62. The highest BCUT2D eigenvalue weighted by atomic mass is 32.1. The normalized spacial score (nSPS) is 14.5. The van der Waals surface area contributed by atoms with E-state index in [1.807, 2.05) is 17.5 Å². The van der Waals surface area contributed by atoms with Crippen LogP contribution in [0, 0.1) is 0 Å². The van der Waals surface area contributed by atoms with Crippen LogP contribution in [0.2, 0.25) is 0 Å². The Morgan fingerprint density at radius 3 is 2.67 bits per heavy atom. The number of rotatable bonds is 8. The van der Waals surface area contributed by atoms with Crippen molar-refractivity contribution in [2.45, 2.75) is 51.7 Å². The Morgan fingerprint density at radius 2 is 2.03 bits per heavy atom. The Hall–Kier alpha value is -2.72. The van der Waals surface area contributed by atoms with Crippen LogP contribution in [0.15, 0.2) is 17.5 Å². The molecular formula is C20H23N3O5S2. The number of nitrogens with two attached hydrogens (primary N) is 1. The van der Waals surface area contributed by atoms with Crippen LogP contribution in [0.3, 0.4) is 0 Å². The molecule has 2 aromatic rings. The summed E-state index contributed by atoms with van der Waals surface area (Å²) in [6, 6.07) is 3.12. The van der Waals surface area contributed by atoms with Gasteiger partial charge in [0, 0.05) is 16.7 Å². The lowest BCUT2D eigenvalue weighted by atomic mass is 10.1. The first-order valence-corrected chi connectivity index (χ1v) is 11.2. The minimum atomic E-state index is -1.07. The van der Waals surface area contributed by atoms with E-state index in [9.17, 15) is 19.2 Å². The minimum Gasteiger partial charge on any atom is -0.452 e. The Kier molecular flexibility index (Phi) is 6.88. The number of nitrogens with one attached hydrogen (secondary N) is 2. The molecule has 1 aliphatic rings. The van der Waals surface area contributed by atoms with Crippen LogP contribution in [0.5, 0.6) is 0 Å². The van der Waals surface area contributed by atoms with Gasteiger partial charge in [-0.15, -0.1) is 22.7 Å². The number of aryl methyl sites for hydroxylation is 1. The second-order valence-corrected chi connectivity index (χ2v) is 9.10. The molecule has 2 heterocycles. The van der Waals surface area contributed by atoms with Crippen LogP contribution >= 0.6 is 22.7 Å². The largest absolute Gasteiger partial charge is 0.452 e. The van der Waals surface area contributed by atoms with Crippen molar-refractivity contribution < 1.29 is 23.9 Å². The molecule has 30 heavy (non-hydrogen) atoms. The van der Waals surface area contributed by atoms with E-state index in [2.05, 4.69) is 10.6 Å². The third-order valence-corrected chi connectivity index (χ3v) is 6.91. The molecule has 3 amide bonds. The summed E-state index contributed by atoms with van der Waals surface area (Å²) in [7, 11) is 0. The third kappa shape index (κ3) is 5.06. The molecule has 2 aromatic heterocycles. The van der Waals surface area contributed by atoms with Crippen molar-refractivity contribution in [3.05, 3.63) is 38.4 Å². The number of carbonyl (C=O) groups is 4. The SMILES string of the molecule is CC(=O)NC(CC(=O)OC(C)C(=O)Nc1sc2c(c1C(N)=O)CCC2)c1cccs1. The summed E-state index contributed by atoms with van der Waals surface area (Å²) in [5.41, 5.74) is 6.76. The maximum atomic E-state index is 12.5. The standard InChI is InChI=1S/C20H23N3O5S2/c1-10(28-16(25)9-13(22-11(2)24)15-7-4-8-29-15)19(27)23-20-17(18(21)26)12-5-3-6-14(12)30-20/h4,7-8,10,13H,3,5-6,9H2,1-2H3,(H2,21,26)(H,22,24)(H,23,27). The van der Waals surface area contributed by atoms with Crippen LogP contribution in [-0.2, 0) is 32.0 Å². The molecule has 4 N–H and O–H groups in total. The van der Waals surface area contributed by atoms with Crippen LogP contribution < -0.4 is 16.4 Å². The van der Waals surface area contributed by atoms with E-state index in [4.69, 9.17) is 10.5 Å². The van der Waals surface area contributed by atoms with Crippen molar-refractivity contribution in [2.24, 2.45) is 5.73 Å². The van der Waals surface area contributed by atoms with Gasteiger partial charge in [0.25, 0.3) is 11.8 Å². The number of primary amides is 1. The van der Waals surface area contributed by atoms with Crippen LogP contribution in [0.4, 0.5) is 5.00 Å². The number of thiophene rings is 2. The summed E-state index contributed by atoms with van der Waals surface area (Å²) in [5, 5.41) is 7.64. The summed E-state index contributed by atoms with van der Waals surface area (Å²) < 4.78 is 5.26. The summed E-state index contributed by atoms with van der Waals surface area (Å²) in [5.74, 6) is -2.01. The molecule has 0 aliphatic heterocycles. The van der Waals surface area contributed by atoms with Gasteiger partial charge in [-0.25, -0.2) is 0 Å². The minimum absolute atomic E-state index is 0.0997. The van der Waals surface area contributed by atoms with Gasteiger partial charge in [0.05, 0.1) is 18.0 Å². The van der Waals surface area contributed by atoms with Crippen molar-refractivity contribution in [3.63, 3.8) is 0 Å². The third-order valence-electron chi connectivity index (χ3n) is 4.72. The predicted molar refractivity (Wildman–Crippen MR) is 115 cm³/mol. The lowest BCUT2D eigenvalue weighted by Gasteiger charge is -2.18. The molecule has 0 radical (unpaired) electrons. The molecule has 1 aliphatic carbocycles. The molecule has 160 valence electrons. The van der Waals surface area contributed by atoms with Crippen molar-refractivity contribution >= 4 is 51.4 Å². The topological polar surface area (TPSA) is 128 Å². The van der Waals surface area contributed by atoms with Crippen molar-refractivity contribution in [1.29, 1.82) is 0 Å². The summed E-state index contributed by atoms with van der Waals surface area (Å²) >= 11 is 2.75. The number of carbonyl (C=O) groups excluding carboxylic acids is 4. The number of ether oxygens (including phenoxy) is 1. The van der Waals surface area contributed by atoms with Crippen molar-refractivity contribution in [3.8, 4) is 0 Å². The van der Waals surface area contributed by atoms with Crippen LogP contribution in [0.25, 0.3) is 0 Å². The van der Waals surface area contributed by atoms with E-state index in [0.717, 1.165) is 34.6 Å². The highest BCUT2D eigenvalue weighted by molar-refractivity contribution is 7.17. The number of amides is 3. The molecular weight excluding hydrogens is 426 g/mol. The molecule has 2 atom stereocenters. The highest BCUT2D eigenvalue weighted by Gasteiger charge is 2.28. The number of anilines is 1. The fourth-order valence-electron chi connectivity index (χ4n) is 3.39. The molecule has 0 saturated carbocycles. The Bertz CT molecular complexity index is 968. The molecule has 0 bridgehead atoms. The van der Waals surface area contributed by atoms with Gasteiger partial charge in [-0.1, -0.05) is 6.07 Å². The molecule has 0 spiro atoms. The molecule has 0 fully saturated rings. The summed E-state index contributed by atoms with van der Waals surface area (Å²) in [4.78, 5) is 50.1. The van der Waals surface area contributed by atoms with Crippen LogP contribution in [0.1, 0.15) is 58.4 Å². The quantitative estimate of drug-likeness (QED) is 0.534. The van der Waals surface area contributed by atoms with Gasteiger partial charge in [0.1, 0.15) is 5.00 Å². The van der Waals surface area contributed by atoms with E-state index in [-0.39, 0.29) is 12.3 Å². The predicted octanol–water partition coefficient (Wildman–Crippen LogP) is 2.53. The molecule has 8 nitrogen and oxygen atoms in total. The number of hydrogen-bond acceptors (Lipinski definition) is 7. The van der Waals surface area contributed by atoms with Crippen molar-refractivity contribution in [1.82, 2.24) is 5.32 Å². The Morgan fingerprint density at radius 1 is 1.27 bits per heavy atom. The first kappa shape index (κ1) is 22.0. The highest BCUT2D eigenvalue weighted by Crippen LogP contribution is 2.38. The van der Waals surface area contributed by atoms with E-state index in [1.165, 1.54) is 36.5 Å². The maximum absolute atomic E-state index is 12.5. The van der Waals surface area contributed by atoms with Gasteiger partial charge >= 0.3 is 5.97 Å². The first-order valence-electron chi connectivity index (χ1n) is 9.51. The average molecular weight is 450 g/mol. The Labute approximate surface area is 181 Å². The molecule has 0 aromatic carbocycles. The second kappa shape index (κ2) is 9.40. The van der Waals surface area contributed by atoms with Crippen molar-refractivity contribution in [2.75, 3.05) is 5.32 Å². The van der Waals surface area contributed by atoms with Gasteiger partial charge in [0.15, 0.2) is 6.10 Å². The molecule has 3 rings (SSSR count). The number of esters is 1. The maximum Gasteiger partial charge on any atom is 0.309 e. The fraction of sp³-hybridized carbons (Fsp3) is 0.400. The van der Waals surface area contributed by atoms with Gasteiger partial charge in [-0.3, -0.25) is 19.2 Å². The van der Waals surface area contributed by atoms with E-state index in [1.54, 1.807) is 0 Å². The number of hydrogen-bond donors (Lipinski definition) is 3. The fourth-order valence-corrected chi connectivity index (χ4v) is 5.47. The van der Waals surface area contributed by atoms with Gasteiger partial charge in [-0.05, 0) is 43.2 Å². The van der Waals surface area contributed by atoms with Gasteiger partial charge in [0.2, 0.25) is 5.91 Å². The first-order chi connectivity index (χ1) is 14.3. The lowest BCUT2D eigenvalue weighted by Crippen LogP contribution is -2.33. The average Bonchev–Trinajstić information content (AvgIpc) is 3.37. The van der Waals surface area contributed by atoms with E-state index < -0.39 is 29.9 Å². The van der Waals surface area contributed by atoms with E-state index >= 15 is 0 Å². The van der Waals surface area contributed by atoms with Gasteiger partial charge in [-0.2, -0.15) is 0 Å². The zero-order valence-corrected chi connectivity index (χ0v) is 18.3. The van der Waals surface area contributed by atoms with E-state index in [0.29, 0.717) is 10.6 Å². The van der Waals surface area contributed by atoms with Crippen LogP contribution in [-0.4, -0.2) is 29.8 Å². The van der Waals surface area contributed by atoms with Gasteiger partial charge < -0.3 is 21.1 Å². The molecule has 2 unspecified atom stereocenters. The zero-order chi connectivity index (χ0) is 21.8. The second-order valence-electron chi connectivity index (χ2n) is 7.02. The molecule has 10 heteroatoms.